The van der Waals surface area contributed by atoms with Gasteiger partial charge in [0.1, 0.15) is 11.5 Å². The van der Waals surface area contributed by atoms with Crippen LogP contribution in [0.4, 0.5) is 5.69 Å². The van der Waals surface area contributed by atoms with Crippen molar-refractivity contribution in [3.05, 3.63) is 50.6 Å². The third kappa shape index (κ3) is 3.95. The monoisotopic (exact) mass is 417 g/mol. The second-order valence-electron chi connectivity index (χ2n) is 4.60. The molecule has 0 aliphatic rings. The number of anilines is 1. The molecule has 0 aliphatic carbocycles. The molecule has 1 atom stereocenters. The highest BCUT2D eigenvalue weighted by Crippen LogP contribution is 2.33. The maximum absolute atomic E-state index is 6.26. The quantitative estimate of drug-likeness (QED) is 0.684. The predicted octanol–water partition coefficient (Wildman–Crippen LogP) is 5.13. The van der Waals surface area contributed by atoms with Crippen molar-refractivity contribution in [1.82, 2.24) is 0 Å². The molecular weight excluding hydrogens is 401 g/mol. The van der Waals surface area contributed by atoms with Crippen molar-refractivity contribution in [3.8, 4) is 11.5 Å². The molecule has 0 bridgehead atoms. The Balaban J connectivity index is 2.25. The van der Waals surface area contributed by atoms with E-state index < -0.39 is 0 Å². The van der Waals surface area contributed by atoms with Crippen molar-refractivity contribution >= 4 is 39.9 Å². The molecule has 2 aromatic rings. The average molecular weight is 418 g/mol. The second kappa shape index (κ2) is 7.22. The van der Waals surface area contributed by atoms with Crippen molar-refractivity contribution < 1.29 is 9.47 Å². The normalized spacial score (nSPS) is 11.9. The van der Waals surface area contributed by atoms with Crippen LogP contribution in [0, 0.1) is 3.57 Å². The van der Waals surface area contributed by atoms with Gasteiger partial charge in [0, 0.05) is 15.2 Å². The topological polar surface area (TPSA) is 30.5 Å². The van der Waals surface area contributed by atoms with E-state index in [2.05, 4.69) is 34.8 Å². The Kier molecular flexibility index (Phi) is 5.58. The van der Waals surface area contributed by atoms with Crippen LogP contribution in [0.3, 0.4) is 0 Å². The van der Waals surface area contributed by atoms with Gasteiger partial charge in [-0.15, -0.1) is 0 Å². The van der Waals surface area contributed by atoms with E-state index >= 15 is 0 Å². The molecule has 0 aliphatic heterocycles. The van der Waals surface area contributed by atoms with Crippen LogP contribution in [0.2, 0.25) is 5.02 Å². The molecule has 2 rings (SSSR count). The number of methoxy groups -OCH3 is 2. The number of hydrogen-bond acceptors (Lipinski definition) is 3. The summed E-state index contributed by atoms with van der Waals surface area (Å²) in [4.78, 5) is 0. The van der Waals surface area contributed by atoms with Gasteiger partial charge in [-0.25, -0.2) is 0 Å². The molecule has 0 heterocycles. The molecule has 1 unspecified atom stereocenters. The molecule has 2 aromatic carbocycles. The van der Waals surface area contributed by atoms with Crippen molar-refractivity contribution in [2.24, 2.45) is 0 Å². The Morgan fingerprint density at radius 1 is 1.10 bits per heavy atom. The minimum Gasteiger partial charge on any atom is -0.497 e. The first-order valence-corrected chi connectivity index (χ1v) is 7.94. The summed E-state index contributed by atoms with van der Waals surface area (Å²) in [6, 6.07) is 11.8. The van der Waals surface area contributed by atoms with Crippen LogP contribution >= 0.6 is 34.2 Å². The Labute approximate surface area is 143 Å². The van der Waals surface area contributed by atoms with Crippen LogP contribution in [-0.4, -0.2) is 14.2 Å². The first-order valence-electron chi connectivity index (χ1n) is 6.48. The first kappa shape index (κ1) is 16.2. The summed E-state index contributed by atoms with van der Waals surface area (Å²) < 4.78 is 11.8. The lowest BCUT2D eigenvalue weighted by atomic mass is 10.1. The molecule has 1 N–H and O–H groups in total. The Morgan fingerprint density at radius 2 is 1.86 bits per heavy atom. The zero-order chi connectivity index (χ0) is 15.4. The lowest BCUT2D eigenvalue weighted by molar-refractivity contribution is 0.390. The van der Waals surface area contributed by atoms with Crippen LogP contribution in [0.15, 0.2) is 36.4 Å². The fourth-order valence-electron chi connectivity index (χ4n) is 2.09. The largest absolute Gasteiger partial charge is 0.497 e. The summed E-state index contributed by atoms with van der Waals surface area (Å²) in [5, 5.41) is 4.12. The number of ether oxygens (including phenoxy) is 2. The van der Waals surface area contributed by atoms with Crippen molar-refractivity contribution in [3.63, 3.8) is 0 Å². The molecule has 0 aromatic heterocycles. The van der Waals surface area contributed by atoms with Crippen LogP contribution in [0.5, 0.6) is 11.5 Å². The van der Waals surface area contributed by atoms with Gasteiger partial charge in [0.2, 0.25) is 0 Å². The summed E-state index contributed by atoms with van der Waals surface area (Å²) in [6.45, 7) is 2.07. The number of hydrogen-bond donors (Lipinski definition) is 1. The molecule has 112 valence electrons. The maximum atomic E-state index is 6.26. The Bertz CT molecular complexity index is 634. The Morgan fingerprint density at radius 3 is 2.48 bits per heavy atom. The van der Waals surface area contributed by atoms with Crippen molar-refractivity contribution in [1.29, 1.82) is 0 Å². The van der Waals surface area contributed by atoms with E-state index in [4.69, 9.17) is 21.1 Å². The number of nitrogens with one attached hydrogen (secondary N) is 1. The van der Waals surface area contributed by atoms with Gasteiger partial charge in [0.25, 0.3) is 0 Å². The van der Waals surface area contributed by atoms with Gasteiger partial charge < -0.3 is 14.8 Å². The molecule has 0 saturated carbocycles. The highest BCUT2D eigenvalue weighted by molar-refractivity contribution is 14.1. The standard InChI is InChI=1S/C16H17ClINO2/c1-10(19-15-7-4-11(18)8-14(15)17)13-6-5-12(20-2)9-16(13)21-3/h4-10,19H,1-3H3. The van der Waals surface area contributed by atoms with E-state index in [1.165, 1.54) is 0 Å². The lowest BCUT2D eigenvalue weighted by Crippen LogP contribution is -2.08. The lowest BCUT2D eigenvalue weighted by Gasteiger charge is -2.20. The molecule has 21 heavy (non-hydrogen) atoms. The van der Waals surface area contributed by atoms with E-state index in [9.17, 15) is 0 Å². The third-order valence-corrected chi connectivity index (χ3v) is 4.19. The smallest absolute Gasteiger partial charge is 0.127 e. The van der Waals surface area contributed by atoms with Gasteiger partial charge in [-0.05, 0) is 59.8 Å². The summed E-state index contributed by atoms with van der Waals surface area (Å²) >= 11 is 8.50. The van der Waals surface area contributed by atoms with Gasteiger partial charge in [-0.3, -0.25) is 0 Å². The maximum Gasteiger partial charge on any atom is 0.127 e. The van der Waals surface area contributed by atoms with Gasteiger partial charge >= 0.3 is 0 Å². The van der Waals surface area contributed by atoms with Gasteiger partial charge in [0.05, 0.1) is 31.0 Å². The second-order valence-corrected chi connectivity index (χ2v) is 6.25. The molecule has 0 radical (unpaired) electrons. The fraction of sp³-hybridized carbons (Fsp3) is 0.250. The highest BCUT2D eigenvalue weighted by Gasteiger charge is 2.13. The van der Waals surface area contributed by atoms with Crippen molar-refractivity contribution in [2.45, 2.75) is 13.0 Å². The summed E-state index contributed by atoms with van der Waals surface area (Å²) in [5.74, 6) is 1.56. The van der Waals surface area contributed by atoms with E-state index in [-0.39, 0.29) is 6.04 Å². The fourth-order valence-corrected chi connectivity index (χ4v) is 3.00. The van der Waals surface area contributed by atoms with E-state index in [1.807, 2.05) is 36.4 Å². The van der Waals surface area contributed by atoms with Crippen LogP contribution in [0.25, 0.3) is 0 Å². The summed E-state index contributed by atoms with van der Waals surface area (Å²) in [5.41, 5.74) is 1.95. The van der Waals surface area contributed by atoms with E-state index in [0.29, 0.717) is 5.02 Å². The number of rotatable bonds is 5. The van der Waals surface area contributed by atoms with Crippen molar-refractivity contribution in [2.75, 3.05) is 19.5 Å². The molecule has 0 fully saturated rings. The minimum absolute atomic E-state index is 0.0587. The summed E-state index contributed by atoms with van der Waals surface area (Å²) in [6.07, 6.45) is 0. The van der Waals surface area contributed by atoms with Gasteiger partial charge in [-0.2, -0.15) is 0 Å². The minimum atomic E-state index is 0.0587. The molecule has 0 spiro atoms. The predicted molar refractivity (Wildman–Crippen MR) is 95.8 cm³/mol. The molecule has 0 saturated heterocycles. The Hall–Kier alpha value is -1.14. The van der Waals surface area contributed by atoms with Crippen LogP contribution < -0.4 is 14.8 Å². The molecule has 5 heteroatoms. The first-order chi connectivity index (χ1) is 10.0. The molecule has 0 amide bonds. The molecule has 3 nitrogen and oxygen atoms in total. The number of benzene rings is 2. The average Bonchev–Trinajstić information content (AvgIpc) is 2.49. The van der Waals surface area contributed by atoms with E-state index in [0.717, 1.165) is 26.3 Å². The SMILES string of the molecule is COc1ccc(C(C)Nc2ccc(I)cc2Cl)c(OC)c1. The van der Waals surface area contributed by atoms with Crippen LogP contribution in [-0.2, 0) is 0 Å². The van der Waals surface area contributed by atoms with E-state index in [1.54, 1.807) is 14.2 Å². The van der Waals surface area contributed by atoms with Gasteiger partial charge in [0.15, 0.2) is 0 Å². The van der Waals surface area contributed by atoms with Crippen LogP contribution in [0.1, 0.15) is 18.5 Å². The van der Waals surface area contributed by atoms with Gasteiger partial charge in [-0.1, -0.05) is 11.6 Å². The zero-order valence-electron chi connectivity index (χ0n) is 12.1. The third-order valence-electron chi connectivity index (χ3n) is 3.21. The number of halogens is 2. The zero-order valence-corrected chi connectivity index (χ0v) is 15.0. The highest BCUT2D eigenvalue weighted by atomic mass is 127. The summed E-state index contributed by atoms with van der Waals surface area (Å²) in [7, 11) is 3.30. The molecular formula is C16H17ClINO2.